The van der Waals surface area contributed by atoms with Gasteiger partial charge in [-0.1, -0.05) is 6.07 Å². The lowest BCUT2D eigenvalue weighted by Gasteiger charge is -2.21. The lowest BCUT2D eigenvalue weighted by molar-refractivity contribution is 0.0527. The number of ether oxygens (including phenoxy) is 1. The second-order valence-corrected chi connectivity index (χ2v) is 5.01. The van der Waals surface area contributed by atoms with Gasteiger partial charge in [0, 0.05) is 12.4 Å². The van der Waals surface area contributed by atoms with Crippen LogP contribution in [0.2, 0.25) is 0 Å². The Bertz CT molecular complexity index is 584. The third kappa shape index (κ3) is 3.08. The summed E-state index contributed by atoms with van der Waals surface area (Å²) in [6.07, 6.45) is 0. The number of benzene rings is 1. The highest BCUT2D eigenvalue weighted by Gasteiger charge is 2.15. The maximum Gasteiger partial charge on any atom is 0.340 e. The molecule has 0 saturated heterocycles. The van der Waals surface area contributed by atoms with Crippen LogP contribution in [0.1, 0.15) is 23.0 Å². The van der Waals surface area contributed by atoms with E-state index in [4.69, 9.17) is 10.5 Å². The van der Waals surface area contributed by atoms with E-state index in [-0.39, 0.29) is 0 Å². The fourth-order valence-corrected chi connectivity index (χ4v) is 2.47. The summed E-state index contributed by atoms with van der Waals surface area (Å²) in [5.41, 5.74) is 10.5. The zero-order valence-electron chi connectivity index (χ0n) is 11.5. The van der Waals surface area contributed by atoms with Crippen molar-refractivity contribution in [2.45, 2.75) is 13.5 Å². The maximum absolute atomic E-state index is 11.8. The number of hydrogen-bond acceptors (Lipinski definition) is 6. The summed E-state index contributed by atoms with van der Waals surface area (Å²) >= 11 is 1.55. The second kappa shape index (κ2) is 6.38. The van der Waals surface area contributed by atoms with E-state index in [2.05, 4.69) is 4.98 Å². The smallest absolute Gasteiger partial charge is 0.340 e. The molecule has 2 aromatic rings. The van der Waals surface area contributed by atoms with Gasteiger partial charge in [-0.2, -0.15) is 0 Å². The molecular formula is C14H17N3O2S. The number of esters is 1. The number of nitrogen functional groups attached to an aromatic ring is 1. The Morgan fingerprint density at radius 3 is 2.95 bits per heavy atom. The Morgan fingerprint density at radius 2 is 2.30 bits per heavy atom. The summed E-state index contributed by atoms with van der Waals surface area (Å²) in [7, 11) is 1.92. The zero-order chi connectivity index (χ0) is 14.5. The monoisotopic (exact) mass is 291 g/mol. The molecule has 1 aromatic heterocycles. The summed E-state index contributed by atoms with van der Waals surface area (Å²) in [6, 6.07) is 5.35. The van der Waals surface area contributed by atoms with Crippen LogP contribution in [0.15, 0.2) is 29.1 Å². The average Bonchev–Trinajstić information content (AvgIpc) is 2.92. The van der Waals surface area contributed by atoms with Crippen LogP contribution in [0, 0.1) is 0 Å². The number of para-hydroxylation sites is 1. The van der Waals surface area contributed by atoms with Crippen molar-refractivity contribution in [2.75, 3.05) is 24.3 Å². The average molecular weight is 291 g/mol. The Balaban J connectivity index is 2.23. The molecule has 0 aliphatic carbocycles. The topological polar surface area (TPSA) is 68.5 Å². The van der Waals surface area contributed by atoms with Crippen LogP contribution in [-0.4, -0.2) is 24.6 Å². The molecule has 0 radical (unpaired) electrons. The van der Waals surface area contributed by atoms with Gasteiger partial charge in [0.05, 0.1) is 41.3 Å². The van der Waals surface area contributed by atoms with Crippen molar-refractivity contribution in [3.8, 4) is 0 Å². The first-order valence-electron chi connectivity index (χ1n) is 6.27. The number of thiazole rings is 1. The molecule has 2 N–H and O–H groups in total. The number of anilines is 2. The summed E-state index contributed by atoms with van der Waals surface area (Å²) in [6.45, 7) is 2.74. The van der Waals surface area contributed by atoms with Gasteiger partial charge in [0.15, 0.2) is 0 Å². The van der Waals surface area contributed by atoms with Crippen LogP contribution in [0.4, 0.5) is 11.4 Å². The van der Waals surface area contributed by atoms with Gasteiger partial charge in [-0.15, -0.1) is 11.3 Å². The number of aromatic nitrogens is 1. The lowest BCUT2D eigenvalue weighted by atomic mass is 10.1. The molecule has 6 heteroatoms. The molecule has 1 heterocycles. The lowest BCUT2D eigenvalue weighted by Crippen LogP contribution is -2.19. The third-order valence-corrected chi connectivity index (χ3v) is 3.51. The SMILES string of the molecule is CCOC(=O)c1cccc(N(C)Cc2cscn2)c1N. The van der Waals surface area contributed by atoms with Crippen molar-refractivity contribution in [1.82, 2.24) is 4.98 Å². The Hall–Kier alpha value is -2.08. The first-order chi connectivity index (χ1) is 9.63. The number of hydrogen-bond donors (Lipinski definition) is 1. The van der Waals surface area contributed by atoms with E-state index in [1.807, 2.05) is 23.4 Å². The van der Waals surface area contributed by atoms with Crippen molar-refractivity contribution in [3.05, 3.63) is 40.3 Å². The molecule has 0 aliphatic heterocycles. The van der Waals surface area contributed by atoms with Gasteiger partial charge in [-0.3, -0.25) is 0 Å². The molecule has 0 unspecified atom stereocenters. The number of nitrogens with zero attached hydrogens (tertiary/aromatic N) is 2. The Morgan fingerprint density at radius 1 is 1.50 bits per heavy atom. The summed E-state index contributed by atoms with van der Waals surface area (Å²) in [4.78, 5) is 18.0. The van der Waals surface area contributed by atoms with Gasteiger partial charge in [0.2, 0.25) is 0 Å². The number of rotatable bonds is 5. The van der Waals surface area contributed by atoms with E-state index >= 15 is 0 Å². The summed E-state index contributed by atoms with van der Waals surface area (Å²) < 4.78 is 5.00. The van der Waals surface area contributed by atoms with E-state index in [9.17, 15) is 4.79 Å². The molecule has 0 aliphatic rings. The van der Waals surface area contributed by atoms with Crippen molar-refractivity contribution >= 4 is 28.7 Å². The second-order valence-electron chi connectivity index (χ2n) is 4.29. The van der Waals surface area contributed by atoms with Crippen molar-refractivity contribution < 1.29 is 9.53 Å². The van der Waals surface area contributed by atoms with Crippen LogP contribution in [0.3, 0.4) is 0 Å². The van der Waals surface area contributed by atoms with Crippen LogP contribution in [-0.2, 0) is 11.3 Å². The molecule has 0 amide bonds. The fraction of sp³-hybridized carbons (Fsp3) is 0.286. The number of nitrogens with two attached hydrogens (primary N) is 1. The predicted octanol–water partition coefficient (Wildman–Crippen LogP) is 2.54. The van der Waals surface area contributed by atoms with Gasteiger partial charge >= 0.3 is 5.97 Å². The zero-order valence-corrected chi connectivity index (χ0v) is 12.3. The van der Waals surface area contributed by atoms with Gasteiger partial charge < -0.3 is 15.4 Å². The van der Waals surface area contributed by atoms with Gasteiger partial charge in [0.25, 0.3) is 0 Å². The van der Waals surface area contributed by atoms with Crippen molar-refractivity contribution in [3.63, 3.8) is 0 Å². The summed E-state index contributed by atoms with van der Waals surface area (Å²) in [5, 5.41) is 1.99. The van der Waals surface area contributed by atoms with Gasteiger partial charge in [-0.05, 0) is 19.1 Å². The highest BCUT2D eigenvalue weighted by molar-refractivity contribution is 7.07. The number of carbonyl (C=O) groups is 1. The fourth-order valence-electron chi connectivity index (χ4n) is 1.92. The molecule has 1 aromatic carbocycles. The maximum atomic E-state index is 11.8. The minimum atomic E-state index is -0.395. The van der Waals surface area contributed by atoms with E-state index in [0.717, 1.165) is 11.4 Å². The highest BCUT2D eigenvalue weighted by atomic mass is 32.1. The molecule has 0 saturated carbocycles. The first-order valence-corrected chi connectivity index (χ1v) is 7.21. The van der Waals surface area contributed by atoms with Crippen LogP contribution >= 0.6 is 11.3 Å². The third-order valence-electron chi connectivity index (χ3n) is 2.87. The molecule has 20 heavy (non-hydrogen) atoms. The molecule has 0 atom stereocenters. The van der Waals surface area contributed by atoms with Crippen LogP contribution in [0.25, 0.3) is 0 Å². The molecule has 0 bridgehead atoms. The van der Waals surface area contributed by atoms with Crippen LogP contribution < -0.4 is 10.6 Å². The van der Waals surface area contributed by atoms with E-state index < -0.39 is 5.97 Å². The highest BCUT2D eigenvalue weighted by Crippen LogP contribution is 2.27. The first kappa shape index (κ1) is 14.3. The molecule has 0 fully saturated rings. The predicted molar refractivity (Wildman–Crippen MR) is 81.0 cm³/mol. The standard InChI is InChI=1S/C14H17N3O2S/c1-3-19-14(18)11-5-4-6-12(13(11)15)17(2)7-10-8-20-9-16-10/h4-6,8-9H,3,7,15H2,1-2H3. The van der Waals surface area contributed by atoms with Crippen molar-refractivity contribution in [2.24, 2.45) is 0 Å². The van der Waals surface area contributed by atoms with Crippen molar-refractivity contribution in [1.29, 1.82) is 0 Å². The summed E-state index contributed by atoms with van der Waals surface area (Å²) in [5.74, 6) is -0.395. The normalized spacial score (nSPS) is 10.3. The molecule has 5 nitrogen and oxygen atoms in total. The van der Waals surface area contributed by atoms with E-state index in [1.54, 1.807) is 35.9 Å². The largest absolute Gasteiger partial charge is 0.462 e. The molecule has 0 spiro atoms. The minimum absolute atomic E-state index is 0.331. The minimum Gasteiger partial charge on any atom is -0.462 e. The Kier molecular flexibility index (Phi) is 4.57. The Labute approximate surface area is 122 Å². The van der Waals surface area contributed by atoms with E-state index in [1.165, 1.54) is 0 Å². The quantitative estimate of drug-likeness (QED) is 0.677. The van der Waals surface area contributed by atoms with Gasteiger partial charge in [0.1, 0.15) is 0 Å². The number of carbonyl (C=O) groups excluding carboxylic acids is 1. The van der Waals surface area contributed by atoms with E-state index in [0.29, 0.717) is 24.4 Å². The van der Waals surface area contributed by atoms with Gasteiger partial charge in [-0.25, -0.2) is 9.78 Å². The molecular weight excluding hydrogens is 274 g/mol. The van der Waals surface area contributed by atoms with Crippen LogP contribution in [0.5, 0.6) is 0 Å². The molecule has 2 rings (SSSR count). The molecule has 106 valence electrons.